The summed E-state index contributed by atoms with van der Waals surface area (Å²) in [5.74, 6) is 0.639. The van der Waals surface area contributed by atoms with Crippen molar-refractivity contribution in [2.45, 2.75) is 57.8 Å². The molecule has 162 valence electrons. The van der Waals surface area contributed by atoms with Gasteiger partial charge in [0.2, 0.25) is 0 Å². The van der Waals surface area contributed by atoms with Gasteiger partial charge in [0, 0.05) is 26.7 Å². The molecule has 2 aromatic carbocycles. The van der Waals surface area contributed by atoms with E-state index in [2.05, 4.69) is 55.1 Å². The number of carboxylic acids is 1. The molecule has 1 aliphatic heterocycles. The molecule has 0 bridgehead atoms. The molecule has 5 nitrogen and oxygen atoms in total. The molecule has 1 saturated heterocycles. The van der Waals surface area contributed by atoms with Gasteiger partial charge < -0.3 is 14.6 Å². The third-order valence-corrected chi connectivity index (χ3v) is 7.07. The highest BCUT2D eigenvalue weighted by molar-refractivity contribution is 5.84. The lowest BCUT2D eigenvalue weighted by Crippen LogP contribution is -2.49. The van der Waals surface area contributed by atoms with Crippen LogP contribution in [-0.2, 0) is 16.1 Å². The molecule has 1 saturated carbocycles. The first-order valence-electron chi connectivity index (χ1n) is 11.0. The number of ether oxygens (including phenoxy) is 2. The lowest BCUT2D eigenvalue weighted by atomic mass is 9.78. The predicted octanol–water partition coefficient (Wildman–Crippen LogP) is 4.72. The molecular weight excluding hydrogens is 378 g/mol. The molecule has 1 N–H and O–H groups in total. The van der Waals surface area contributed by atoms with E-state index in [4.69, 9.17) is 14.6 Å². The fourth-order valence-electron chi connectivity index (χ4n) is 4.79. The number of likely N-dealkylation sites (tertiary alicyclic amines) is 1. The van der Waals surface area contributed by atoms with Crippen molar-refractivity contribution >= 4 is 16.7 Å². The number of carboxylic acid groups (broad SMARTS) is 1. The smallest absolute Gasteiger partial charge is 0.309 e. The number of hydrogen-bond donors (Lipinski definition) is 1. The van der Waals surface area contributed by atoms with Crippen LogP contribution in [-0.4, -0.2) is 47.9 Å². The molecule has 0 spiro atoms. The lowest BCUT2D eigenvalue weighted by Gasteiger charge is -2.38. The quantitative estimate of drug-likeness (QED) is 0.714. The maximum atomic E-state index is 11.0. The number of rotatable bonds is 7. The minimum Gasteiger partial charge on any atom is -0.490 e. The van der Waals surface area contributed by atoms with Crippen LogP contribution in [0.4, 0.5) is 0 Å². The fraction of sp³-hybridized carbons (Fsp3) is 0.560. The van der Waals surface area contributed by atoms with Crippen molar-refractivity contribution in [2.75, 3.05) is 20.2 Å². The normalized spacial score (nSPS) is 23.3. The van der Waals surface area contributed by atoms with E-state index in [-0.39, 0.29) is 17.6 Å². The summed E-state index contributed by atoms with van der Waals surface area (Å²) in [5, 5.41) is 11.4. The van der Waals surface area contributed by atoms with E-state index in [0.29, 0.717) is 19.0 Å². The molecule has 0 atom stereocenters. The first kappa shape index (κ1) is 21.1. The first-order chi connectivity index (χ1) is 14.3. The monoisotopic (exact) mass is 411 g/mol. The summed E-state index contributed by atoms with van der Waals surface area (Å²) in [4.78, 5) is 13.1. The Morgan fingerprint density at radius 1 is 1.07 bits per heavy atom. The second kappa shape index (κ2) is 8.56. The largest absolute Gasteiger partial charge is 0.490 e. The molecule has 30 heavy (non-hydrogen) atoms. The van der Waals surface area contributed by atoms with E-state index in [0.717, 1.165) is 38.0 Å². The molecule has 2 aromatic rings. The molecule has 0 aromatic heterocycles. The summed E-state index contributed by atoms with van der Waals surface area (Å²) < 4.78 is 12.0. The molecule has 2 aliphatic rings. The zero-order valence-electron chi connectivity index (χ0n) is 18.3. The van der Waals surface area contributed by atoms with E-state index in [1.54, 1.807) is 7.11 Å². The van der Waals surface area contributed by atoms with Crippen LogP contribution in [0.5, 0.6) is 5.75 Å². The zero-order valence-corrected chi connectivity index (χ0v) is 18.3. The highest BCUT2D eigenvalue weighted by atomic mass is 16.5. The van der Waals surface area contributed by atoms with Crippen molar-refractivity contribution < 1.29 is 19.4 Å². The van der Waals surface area contributed by atoms with Crippen LogP contribution < -0.4 is 4.74 Å². The van der Waals surface area contributed by atoms with E-state index in [1.165, 1.54) is 16.3 Å². The molecule has 1 heterocycles. The van der Waals surface area contributed by atoms with Crippen molar-refractivity contribution in [3.63, 3.8) is 0 Å². The van der Waals surface area contributed by atoms with Crippen molar-refractivity contribution in [3.8, 4) is 5.75 Å². The molecule has 0 radical (unpaired) electrons. The Labute approximate surface area is 179 Å². The minimum absolute atomic E-state index is 0.0593. The maximum absolute atomic E-state index is 11.0. The van der Waals surface area contributed by atoms with Gasteiger partial charge in [0.15, 0.2) is 0 Å². The van der Waals surface area contributed by atoms with Gasteiger partial charge in [-0.15, -0.1) is 0 Å². The van der Waals surface area contributed by atoms with Gasteiger partial charge in [-0.3, -0.25) is 9.69 Å². The Morgan fingerprint density at radius 3 is 2.40 bits per heavy atom. The van der Waals surface area contributed by atoms with Crippen LogP contribution in [0.2, 0.25) is 0 Å². The third kappa shape index (κ3) is 4.62. The van der Waals surface area contributed by atoms with Gasteiger partial charge in [0.25, 0.3) is 0 Å². The van der Waals surface area contributed by atoms with Crippen molar-refractivity contribution in [2.24, 2.45) is 11.8 Å². The second-order valence-electron chi connectivity index (χ2n) is 9.47. The van der Waals surface area contributed by atoms with Crippen LogP contribution >= 0.6 is 0 Å². The summed E-state index contributed by atoms with van der Waals surface area (Å²) >= 11 is 0. The Hall–Kier alpha value is -2.11. The van der Waals surface area contributed by atoms with Gasteiger partial charge in [-0.25, -0.2) is 0 Å². The topological polar surface area (TPSA) is 59.0 Å². The average molecular weight is 412 g/mol. The van der Waals surface area contributed by atoms with Gasteiger partial charge >= 0.3 is 5.97 Å². The van der Waals surface area contributed by atoms with Crippen LogP contribution in [0.1, 0.15) is 45.1 Å². The summed E-state index contributed by atoms with van der Waals surface area (Å²) in [6.07, 6.45) is 4.70. The fourth-order valence-corrected chi connectivity index (χ4v) is 4.79. The minimum atomic E-state index is -0.687. The highest BCUT2D eigenvalue weighted by Gasteiger charge is 2.34. The Morgan fingerprint density at radius 2 is 1.73 bits per heavy atom. The Kier molecular flexibility index (Phi) is 6.03. The summed E-state index contributed by atoms with van der Waals surface area (Å²) in [7, 11) is 1.80. The number of nitrogens with zero attached hydrogens (tertiary/aromatic N) is 1. The number of aliphatic carboxylic acids is 1. The number of fused-ring (bicyclic) bond motifs is 1. The Bertz CT molecular complexity index is 895. The van der Waals surface area contributed by atoms with E-state index in [9.17, 15) is 4.79 Å². The van der Waals surface area contributed by atoms with Crippen LogP contribution in [0, 0.1) is 11.8 Å². The van der Waals surface area contributed by atoms with Gasteiger partial charge in [-0.05, 0) is 80.0 Å². The third-order valence-electron chi connectivity index (χ3n) is 7.07. The number of hydrogen-bond acceptors (Lipinski definition) is 4. The number of carbonyl (C=O) groups is 1. The molecule has 0 amide bonds. The SMILES string of the molecule is COC(C)(C)C1CCC(Oc2ccc3cc(CN4CC(C(=O)O)C4)ccc3c2)CC1. The zero-order chi connectivity index (χ0) is 21.3. The van der Waals surface area contributed by atoms with Crippen molar-refractivity contribution in [3.05, 3.63) is 42.0 Å². The molecule has 4 rings (SSSR count). The summed E-state index contributed by atoms with van der Waals surface area (Å²) in [5.41, 5.74) is 1.16. The van der Waals surface area contributed by atoms with Crippen LogP contribution in [0.3, 0.4) is 0 Å². The number of methoxy groups -OCH3 is 1. The molecule has 2 fully saturated rings. The predicted molar refractivity (Wildman–Crippen MR) is 118 cm³/mol. The molecule has 5 heteroatoms. The molecule has 0 unspecified atom stereocenters. The standard InChI is InChI=1S/C25H33NO4/c1-25(2,29-3)21-7-10-22(11-8-21)30-23-9-6-18-12-17(4-5-19(18)13-23)14-26-15-20(16-26)24(27)28/h4-6,9,12-13,20-22H,7-8,10-11,14-16H2,1-3H3,(H,27,28). The van der Waals surface area contributed by atoms with Crippen molar-refractivity contribution in [1.29, 1.82) is 0 Å². The Balaban J connectivity index is 1.34. The van der Waals surface area contributed by atoms with Crippen LogP contribution in [0.25, 0.3) is 10.8 Å². The van der Waals surface area contributed by atoms with E-state index >= 15 is 0 Å². The molecule has 1 aliphatic carbocycles. The summed E-state index contributed by atoms with van der Waals surface area (Å²) in [6.45, 7) is 6.46. The first-order valence-corrected chi connectivity index (χ1v) is 11.0. The van der Waals surface area contributed by atoms with Crippen molar-refractivity contribution in [1.82, 2.24) is 4.90 Å². The number of benzene rings is 2. The summed E-state index contributed by atoms with van der Waals surface area (Å²) in [6, 6.07) is 12.8. The van der Waals surface area contributed by atoms with E-state index < -0.39 is 5.97 Å². The van der Waals surface area contributed by atoms with E-state index in [1.807, 2.05) is 0 Å². The maximum Gasteiger partial charge on any atom is 0.309 e. The van der Waals surface area contributed by atoms with Crippen LogP contribution in [0.15, 0.2) is 36.4 Å². The van der Waals surface area contributed by atoms with Gasteiger partial charge in [-0.1, -0.05) is 18.2 Å². The van der Waals surface area contributed by atoms with Gasteiger partial charge in [0.05, 0.1) is 17.6 Å². The molecular formula is C25H33NO4. The average Bonchev–Trinajstić information content (AvgIpc) is 2.70. The van der Waals surface area contributed by atoms with Gasteiger partial charge in [0.1, 0.15) is 5.75 Å². The second-order valence-corrected chi connectivity index (χ2v) is 9.47. The highest BCUT2D eigenvalue weighted by Crippen LogP contribution is 2.36. The van der Waals surface area contributed by atoms with Gasteiger partial charge in [-0.2, -0.15) is 0 Å². The lowest BCUT2D eigenvalue weighted by molar-refractivity contribution is -0.147.